The van der Waals surface area contributed by atoms with Crippen LogP contribution in [-0.2, 0) is 0 Å². The molecule has 2 atom stereocenters. The van der Waals surface area contributed by atoms with Crippen molar-refractivity contribution in [2.75, 3.05) is 11.9 Å². The first-order valence-electron chi connectivity index (χ1n) is 6.09. The number of rotatable bonds is 2. The van der Waals surface area contributed by atoms with E-state index in [4.69, 9.17) is 0 Å². The fourth-order valence-corrected chi connectivity index (χ4v) is 2.98. The maximum absolute atomic E-state index is 4.32. The highest BCUT2D eigenvalue weighted by Gasteiger charge is 2.35. The summed E-state index contributed by atoms with van der Waals surface area (Å²) in [6.45, 7) is 0. The molecule has 16 heavy (non-hydrogen) atoms. The Bertz CT molecular complexity index is 341. The molecule has 1 aromatic rings. The Hall–Kier alpha value is -1.16. The number of nitrogens with one attached hydrogen (secondary N) is 1. The molecular weight excluding hydrogens is 200 g/mol. The van der Waals surface area contributed by atoms with Gasteiger partial charge in [0.25, 0.3) is 0 Å². The molecule has 0 radical (unpaired) electrons. The van der Waals surface area contributed by atoms with Crippen molar-refractivity contribution in [3.05, 3.63) is 18.5 Å². The fraction of sp³-hybridized carbons (Fsp3) is 0.667. The molecule has 4 nitrogen and oxygen atoms in total. The zero-order chi connectivity index (χ0) is 11.0. The van der Waals surface area contributed by atoms with E-state index in [1.807, 2.05) is 18.5 Å². The molecule has 2 unspecified atom stereocenters. The molecule has 0 amide bonds. The number of piperidine rings is 1. The van der Waals surface area contributed by atoms with E-state index in [0.717, 1.165) is 18.0 Å². The summed E-state index contributed by atoms with van der Waals surface area (Å²) in [6, 6.07) is 3.90. The second-order valence-electron chi connectivity index (χ2n) is 4.92. The third-order valence-corrected chi connectivity index (χ3v) is 3.86. The Morgan fingerprint density at radius 1 is 1.19 bits per heavy atom. The molecule has 1 aromatic heterocycles. The van der Waals surface area contributed by atoms with Crippen LogP contribution in [0.5, 0.6) is 0 Å². The fourth-order valence-electron chi connectivity index (χ4n) is 2.98. The molecule has 2 saturated heterocycles. The SMILES string of the molecule is CN(c1ncccn1)C1CC2CCC(C1)N2. The second-order valence-corrected chi connectivity index (χ2v) is 4.92. The molecule has 2 aliphatic rings. The first-order chi connectivity index (χ1) is 7.83. The van der Waals surface area contributed by atoms with Crippen molar-refractivity contribution in [1.29, 1.82) is 0 Å². The van der Waals surface area contributed by atoms with E-state index in [1.54, 1.807) is 0 Å². The molecular formula is C12H18N4. The minimum absolute atomic E-state index is 0.598. The summed E-state index contributed by atoms with van der Waals surface area (Å²) in [4.78, 5) is 10.9. The van der Waals surface area contributed by atoms with Crippen LogP contribution in [0, 0.1) is 0 Å². The molecule has 2 aliphatic heterocycles. The monoisotopic (exact) mass is 218 g/mol. The van der Waals surface area contributed by atoms with Crippen molar-refractivity contribution in [2.24, 2.45) is 0 Å². The third-order valence-electron chi connectivity index (χ3n) is 3.86. The minimum atomic E-state index is 0.598. The maximum atomic E-state index is 4.32. The van der Waals surface area contributed by atoms with Gasteiger partial charge in [0.15, 0.2) is 0 Å². The lowest BCUT2D eigenvalue weighted by Crippen LogP contribution is -2.47. The summed E-state index contributed by atoms with van der Waals surface area (Å²) in [5.41, 5.74) is 0. The van der Waals surface area contributed by atoms with E-state index < -0.39 is 0 Å². The number of anilines is 1. The van der Waals surface area contributed by atoms with E-state index in [2.05, 4.69) is 27.2 Å². The van der Waals surface area contributed by atoms with Gasteiger partial charge < -0.3 is 10.2 Å². The first-order valence-corrected chi connectivity index (χ1v) is 6.09. The van der Waals surface area contributed by atoms with E-state index >= 15 is 0 Å². The van der Waals surface area contributed by atoms with Gasteiger partial charge in [0.2, 0.25) is 5.95 Å². The molecule has 3 heterocycles. The maximum Gasteiger partial charge on any atom is 0.225 e. The zero-order valence-electron chi connectivity index (χ0n) is 9.63. The standard InChI is InChI=1S/C12H18N4/c1-16(12-13-5-2-6-14-12)11-7-9-3-4-10(8-11)15-9/h2,5-6,9-11,15H,3-4,7-8H2,1H3. The van der Waals surface area contributed by atoms with Crippen LogP contribution in [-0.4, -0.2) is 35.1 Å². The van der Waals surface area contributed by atoms with Crippen molar-refractivity contribution < 1.29 is 0 Å². The molecule has 0 aliphatic carbocycles. The predicted molar refractivity (Wildman–Crippen MR) is 63.4 cm³/mol. The topological polar surface area (TPSA) is 41.1 Å². The van der Waals surface area contributed by atoms with Gasteiger partial charge in [0.1, 0.15) is 0 Å². The van der Waals surface area contributed by atoms with E-state index in [1.165, 1.54) is 25.7 Å². The number of aromatic nitrogens is 2. The van der Waals surface area contributed by atoms with E-state index in [-0.39, 0.29) is 0 Å². The molecule has 86 valence electrons. The van der Waals surface area contributed by atoms with Crippen LogP contribution in [0.15, 0.2) is 18.5 Å². The largest absolute Gasteiger partial charge is 0.341 e. The average molecular weight is 218 g/mol. The van der Waals surface area contributed by atoms with Crippen molar-refractivity contribution in [3.8, 4) is 0 Å². The molecule has 4 heteroatoms. The van der Waals surface area contributed by atoms with Gasteiger partial charge in [-0.3, -0.25) is 0 Å². The first kappa shape index (κ1) is 10.0. The summed E-state index contributed by atoms with van der Waals surface area (Å²) in [5.74, 6) is 0.855. The van der Waals surface area contributed by atoms with Gasteiger partial charge in [-0.25, -0.2) is 9.97 Å². The van der Waals surface area contributed by atoms with Crippen LogP contribution < -0.4 is 10.2 Å². The Morgan fingerprint density at radius 2 is 1.81 bits per heavy atom. The molecule has 0 saturated carbocycles. The van der Waals surface area contributed by atoms with Gasteiger partial charge >= 0.3 is 0 Å². The lowest BCUT2D eigenvalue weighted by atomic mass is 9.99. The lowest BCUT2D eigenvalue weighted by Gasteiger charge is -2.35. The van der Waals surface area contributed by atoms with Crippen LogP contribution in [0.1, 0.15) is 25.7 Å². The smallest absolute Gasteiger partial charge is 0.225 e. The number of fused-ring (bicyclic) bond motifs is 2. The molecule has 3 rings (SSSR count). The third kappa shape index (κ3) is 1.78. The zero-order valence-corrected chi connectivity index (χ0v) is 9.63. The highest BCUT2D eigenvalue weighted by atomic mass is 15.3. The summed E-state index contributed by atoms with van der Waals surface area (Å²) < 4.78 is 0. The number of hydrogen-bond acceptors (Lipinski definition) is 4. The molecule has 2 bridgehead atoms. The summed E-state index contributed by atoms with van der Waals surface area (Å²) >= 11 is 0. The van der Waals surface area contributed by atoms with Gasteiger partial charge in [0, 0.05) is 37.6 Å². The van der Waals surface area contributed by atoms with Gasteiger partial charge in [-0.2, -0.15) is 0 Å². The predicted octanol–water partition coefficient (Wildman–Crippen LogP) is 1.20. The normalized spacial score (nSPS) is 32.7. The van der Waals surface area contributed by atoms with Crippen molar-refractivity contribution in [1.82, 2.24) is 15.3 Å². The Balaban J connectivity index is 1.73. The second kappa shape index (κ2) is 4.01. The van der Waals surface area contributed by atoms with Gasteiger partial charge in [-0.15, -0.1) is 0 Å². The summed E-state index contributed by atoms with van der Waals surface area (Å²) in [6.07, 6.45) is 8.76. The Labute approximate surface area is 96.1 Å². The molecule has 1 N–H and O–H groups in total. The highest BCUT2D eigenvalue weighted by molar-refractivity contribution is 5.29. The van der Waals surface area contributed by atoms with Gasteiger partial charge in [-0.1, -0.05) is 0 Å². The summed E-state index contributed by atoms with van der Waals surface area (Å²) in [7, 11) is 2.12. The number of hydrogen-bond donors (Lipinski definition) is 1. The Morgan fingerprint density at radius 3 is 2.44 bits per heavy atom. The van der Waals surface area contributed by atoms with Crippen LogP contribution in [0.3, 0.4) is 0 Å². The van der Waals surface area contributed by atoms with Crippen LogP contribution in [0.25, 0.3) is 0 Å². The van der Waals surface area contributed by atoms with Crippen molar-refractivity contribution in [3.63, 3.8) is 0 Å². The van der Waals surface area contributed by atoms with Crippen molar-refractivity contribution in [2.45, 2.75) is 43.8 Å². The molecule has 2 fully saturated rings. The van der Waals surface area contributed by atoms with Gasteiger partial charge in [0.05, 0.1) is 0 Å². The van der Waals surface area contributed by atoms with Crippen LogP contribution in [0.4, 0.5) is 5.95 Å². The van der Waals surface area contributed by atoms with Crippen LogP contribution >= 0.6 is 0 Å². The lowest BCUT2D eigenvalue weighted by molar-refractivity contribution is 0.352. The van der Waals surface area contributed by atoms with E-state index in [0.29, 0.717) is 6.04 Å². The Kier molecular flexibility index (Phi) is 2.52. The average Bonchev–Trinajstić information content (AvgIpc) is 2.68. The minimum Gasteiger partial charge on any atom is -0.341 e. The van der Waals surface area contributed by atoms with E-state index in [9.17, 15) is 0 Å². The van der Waals surface area contributed by atoms with Gasteiger partial charge in [-0.05, 0) is 31.7 Å². The quantitative estimate of drug-likeness (QED) is 0.809. The highest BCUT2D eigenvalue weighted by Crippen LogP contribution is 2.30. The number of nitrogens with zero attached hydrogens (tertiary/aromatic N) is 3. The van der Waals surface area contributed by atoms with Crippen LogP contribution in [0.2, 0.25) is 0 Å². The molecule has 0 aromatic carbocycles. The summed E-state index contributed by atoms with van der Waals surface area (Å²) in [5, 5.41) is 3.66. The van der Waals surface area contributed by atoms with Crippen molar-refractivity contribution >= 4 is 5.95 Å². The molecule has 0 spiro atoms.